The fraction of sp³-hybridized carbons (Fsp3) is 0.100. The van der Waals surface area contributed by atoms with Crippen LogP contribution in [0.1, 0.15) is 12.5 Å². The topological polar surface area (TPSA) is 72.2 Å². The number of hydrogen-bond donors (Lipinski definition) is 1. The number of nitrogens with zero attached hydrogens (tertiary/aromatic N) is 1. The van der Waals surface area contributed by atoms with Crippen molar-refractivity contribution in [3.8, 4) is 0 Å². The Morgan fingerprint density at radius 3 is 2.35 bits per heavy atom. The second kappa shape index (κ2) is 5.15. The predicted molar refractivity (Wildman–Crippen MR) is 56.7 cm³/mol. The van der Waals surface area contributed by atoms with Crippen molar-refractivity contribution < 1.29 is 18.5 Å². The molecule has 0 aliphatic carbocycles. The molecule has 0 unspecified atom stereocenters. The minimum Gasteiger partial charge on any atom is -0.326 e. The lowest BCUT2D eigenvalue weighted by Crippen LogP contribution is -2.07. The van der Waals surface area contributed by atoms with E-state index in [0.29, 0.717) is 12.3 Å². The standard InChI is InChI=1S/C10H8F2N2O3/c1-6(15)13-7-4-9(11)8(10(12)5-7)2-3-14(16)17/h2-5H,1H3,(H,13,15). The highest BCUT2D eigenvalue weighted by molar-refractivity contribution is 5.88. The molecule has 17 heavy (non-hydrogen) atoms. The Hall–Kier alpha value is -2.31. The zero-order chi connectivity index (χ0) is 13.0. The molecule has 0 radical (unpaired) electrons. The number of anilines is 1. The van der Waals surface area contributed by atoms with Gasteiger partial charge >= 0.3 is 0 Å². The van der Waals surface area contributed by atoms with Crippen molar-refractivity contribution in [1.82, 2.24) is 0 Å². The molecule has 0 saturated carbocycles. The number of carbonyl (C=O) groups is 1. The molecule has 0 aliphatic heterocycles. The Bertz CT molecular complexity index is 477. The summed E-state index contributed by atoms with van der Waals surface area (Å²) in [4.78, 5) is 19.9. The summed E-state index contributed by atoms with van der Waals surface area (Å²) in [5, 5.41) is 12.2. The Balaban J connectivity index is 3.10. The van der Waals surface area contributed by atoms with E-state index in [-0.39, 0.29) is 5.69 Å². The molecule has 1 N–H and O–H groups in total. The second-order valence-corrected chi connectivity index (χ2v) is 3.14. The maximum Gasteiger partial charge on any atom is 0.235 e. The Kier molecular flexibility index (Phi) is 3.86. The molecule has 0 aromatic heterocycles. The molecule has 0 atom stereocenters. The SMILES string of the molecule is CC(=O)Nc1cc(F)c(C=C[N+](=O)[O-])c(F)c1. The number of carbonyl (C=O) groups excluding carboxylic acids is 1. The summed E-state index contributed by atoms with van der Waals surface area (Å²) in [6.07, 6.45) is 1.14. The van der Waals surface area contributed by atoms with E-state index >= 15 is 0 Å². The van der Waals surface area contributed by atoms with Crippen molar-refractivity contribution >= 4 is 17.7 Å². The van der Waals surface area contributed by atoms with Crippen LogP contribution in [0, 0.1) is 21.7 Å². The minimum atomic E-state index is -0.994. The minimum absolute atomic E-state index is 0.0502. The van der Waals surface area contributed by atoms with Crippen LogP contribution in [0.4, 0.5) is 14.5 Å². The third-order valence-electron chi connectivity index (χ3n) is 1.76. The number of benzene rings is 1. The Morgan fingerprint density at radius 2 is 1.94 bits per heavy atom. The Labute approximate surface area is 94.9 Å². The van der Waals surface area contributed by atoms with Crippen molar-refractivity contribution in [1.29, 1.82) is 0 Å². The number of halogens is 2. The number of amides is 1. The van der Waals surface area contributed by atoms with Crippen molar-refractivity contribution in [2.24, 2.45) is 0 Å². The fourth-order valence-corrected chi connectivity index (χ4v) is 1.15. The molecule has 1 aromatic rings. The largest absolute Gasteiger partial charge is 0.326 e. The molecule has 1 amide bonds. The lowest BCUT2D eigenvalue weighted by Gasteiger charge is -2.04. The quantitative estimate of drug-likeness (QED) is 0.652. The van der Waals surface area contributed by atoms with Crippen LogP contribution < -0.4 is 5.32 Å². The zero-order valence-corrected chi connectivity index (χ0v) is 8.74. The van der Waals surface area contributed by atoms with Crippen LogP contribution >= 0.6 is 0 Å². The van der Waals surface area contributed by atoms with Crippen LogP contribution in [0.2, 0.25) is 0 Å². The molecule has 7 heteroatoms. The fourth-order valence-electron chi connectivity index (χ4n) is 1.15. The summed E-state index contributed by atoms with van der Waals surface area (Å²) in [5.74, 6) is -2.46. The molecule has 5 nitrogen and oxygen atoms in total. The third kappa shape index (κ3) is 3.63. The molecular formula is C10H8F2N2O3. The van der Waals surface area contributed by atoms with Gasteiger partial charge in [-0.1, -0.05) is 0 Å². The average molecular weight is 242 g/mol. The second-order valence-electron chi connectivity index (χ2n) is 3.14. The van der Waals surface area contributed by atoms with E-state index in [9.17, 15) is 23.7 Å². The maximum absolute atomic E-state index is 13.3. The van der Waals surface area contributed by atoms with Gasteiger partial charge in [0.2, 0.25) is 12.1 Å². The van der Waals surface area contributed by atoms with E-state index in [4.69, 9.17) is 0 Å². The molecular weight excluding hydrogens is 234 g/mol. The van der Waals surface area contributed by atoms with Gasteiger partial charge in [0.1, 0.15) is 11.6 Å². The smallest absolute Gasteiger partial charge is 0.235 e. The van der Waals surface area contributed by atoms with Crippen LogP contribution in [-0.4, -0.2) is 10.8 Å². The highest BCUT2D eigenvalue weighted by Gasteiger charge is 2.10. The lowest BCUT2D eigenvalue weighted by atomic mass is 10.1. The number of hydrogen-bond acceptors (Lipinski definition) is 3. The summed E-state index contributed by atoms with van der Waals surface area (Å²) < 4.78 is 26.7. The van der Waals surface area contributed by atoms with Crippen LogP contribution in [0.15, 0.2) is 18.3 Å². The van der Waals surface area contributed by atoms with Crippen LogP contribution in [0.25, 0.3) is 6.08 Å². The highest BCUT2D eigenvalue weighted by Crippen LogP contribution is 2.20. The van der Waals surface area contributed by atoms with Gasteiger partial charge in [0.25, 0.3) is 0 Å². The van der Waals surface area contributed by atoms with E-state index < -0.39 is 28.0 Å². The van der Waals surface area contributed by atoms with E-state index in [1.165, 1.54) is 6.92 Å². The monoisotopic (exact) mass is 242 g/mol. The molecule has 0 spiro atoms. The van der Waals surface area contributed by atoms with Crippen molar-refractivity contribution in [3.05, 3.63) is 45.6 Å². The van der Waals surface area contributed by atoms with E-state index in [2.05, 4.69) is 5.32 Å². The molecule has 90 valence electrons. The van der Waals surface area contributed by atoms with E-state index in [0.717, 1.165) is 12.1 Å². The number of nitrogens with one attached hydrogen (secondary N) is 1. The van der Waals surface area contributed by atoms with Crippen molar-refractivity contribution in [3.63, 3.8) is 0 Å². The summed E-state index contributed by atoms with van der Waals surface area (Å²) in [6, 6.07) is 1.76. The summed E-state index contributed by atoms with van der Waals surface area (Å²) in [7, 11) is 0. The first kappa shape index (κ1) is 12.8. The third-order valence-corrected chi connectivity index (χ3v) is 1.76. The van der Waals surface area contributed by atoms with E-state index in [1.807, 2.05) is 0 Å². The average Bonchev–Trinajstić information content (AvgIpc) is 2.14. The zero-order valence-electron chi connectivity index (χ0n) is 8.74. The lowest BCUT2D eigenvalue weighted by molar-refractivity contribution is -0.401. The number of rotatable bonds is 3. The first-order valence-corrected chi connectivity index (χ1v) is 4.48. The highest BCUT2D eigenvalue weighted by atomic mass is 19.1. The van der Waals surface area contributed by atoms with Gasteiger partial charge in [-0.3, -0.25) is 14.9 Å². The molecule has 0 heterocycles. The van der Waals surface area contributed by atoms with Gasteiger partial charge in [-0.05, 0) is 12.1 Å². The van der Waals surface area contributed by atoms with Gasteiger partial charge in [-0.15, -0.1) is 0 Å². The summed E-state index contributed by atoms with van der Waals surface area (Å²) >= 11 is 0. The van der Waals surface area contributed by atoms with E-state index in [1.54, 1.807) is 0 Å². The van der Waals surface area contributed by atoms with Crippen LogP contribution in [0.5, 0.6) is 0 Å². The molecule has 1 rings (SSSR count). The van der Waals surface area contributed by atoms with Gasteiger partial charge in [0, 0.05) is 18.7 Å². The van der Waals surface area contributed by atoms with Gasteiger partial charge in [0.05, 0.1) is 10.5 Å². The molecule has 0 bridgehead atoms. The van der Waals surface area contributed by atoms with Crippen molar-refractivity contribution in [2.75, 3.05) is 5.32 Å². The Morgan fingerprint density at radius 1 is 1.41 bits per heavy atom. The molecule has 0 fully saturated rings. The predicted octanol–water partition coefficient (Wildman–Crippen LogP) is 2.17. The number of nitro groups is 1. The first-order chi connectivity index (χ1) is 7.90. The van der Waals surface area contributed by atoms with Gasteiger partial charge in [-0.2, -0.15) is 0 Å². The first-order valence-electron chi connectivity index (χ1n) is 4.48. The molecule has 0 saturated heterocycles. The van der Waals surface area contributed by atoms with Gasteiger partial charge < -0.3 is 5.32 Å². The summed E-state index contributed by atoms with van der Waals surface area (Å²) in [6.45, 7) is 1.19. The van der Waals surface area contributed by atoms with Gasteiger partial charge in [-0.25, -0.2) is 8.78 Å². The van der Waals surface area contributed by atoms with Gasteiger partial charge in [0.15, 0.2) is 0 Å². The molecule has 1 aromatic carbocycles. The van der Waals surface area contributed by atoms with Crippen LogP contribution in [0.3, 0.4) is 0 Å². The van der Waals surface area contributed by atoms with Crippen LogP contribution in [-0.2, 0) is 4.79 Å². The normalized spacial score (nSPS) is 10.5. The summed E-state index contributed by atoms with van der Waals surface area (Å²) in [5.41, 5.74) is -0.582. The maximum atomic E-state index is 13.3. The van der Waals surface area contributed by atoms with Crippen molar-refractivity contribution in [2.45, 2.75) is 6.92 Å². The molecule has 0 aliphatic rings.